The quantitative estimate of drug-likeness (QED) is 0.423. The fourth-order valence-electron chi connectivity index (χ4n) is 4.97. The van der Waals surface area contributed by atoms with Crippen LogP contribution < -0.4 is 0 Å². The van der Waals surface area contributed by atoms with E-state index in [4.69, 9.17) is 9.59 Å². The summed E-state index contributed by atoms with van der Waals surface area (Å²) in [5.41, 5.74) is 2.99. The van der Waals surface area contributed by atoms with Crippen molar-refractivity contribution in [1.82, 2.24) is 34.9 Å². The summed E-state index contributed by atoms with van der Waals surface area (Å²) >= 11 is 0. The van der Waals surface area contributed by atoms with Gasteiger partial charge >= 0.3 is 6.15 Å². The molecule has 2 aliphatic rings. The molecule has 194 valence electrons. The Morgan fingerprint density at radius 1 is 1.18 bits per heavy atom. The van der Waals surface area contributed by atoms with Crippen molar-refractivity contribution in [1.29, 1.82) is 0 Å². The number of aryl methyl sites for hydroxylation is 1. The normalized spacial score (nSPS) is 15.2. The molecule has 0 spiro atoms. The average molecular weight is 518 g/mol. The number of hydrogen-bond donors (Lipinski definition) is 2. The van der Waals surface area contributed by atoms with Gasteiger partial charge in [0.15, 0.2) is 11.5 Å². The van der Waals surface area contributed by atoms with Crippen LogP contribution in [-0.4, -0.2) is 66.5 Å². The van der Waals surface area contributed by atoms with Crippen LogP contribution in [0.5, 0.6) is 0 Å². The number of aromatic nitrogens is 5. The van der Waals surface area contributed by atoms with E-state index >= 15 is 0 Å². The first kappa shape index (κ1) is 25.0. The van der Waals surface area contributed by atoms with E-state index in [-0.39, 0.29) is 30.3 Å². The third-order valence-corrected chi connectivity index (χ3v) is 7.31. The Hall–Kier alpha value is -4.70. The number of fused-ring (bicyclic) bond motifs is 2. The average Bonchev–Trinajstić information content (AvgIpc) is 3.45. The van der Waals surface area contributed by atoms with Crippen molar-refractivity contribution in [2.24, 2.45) is 0 Å². The van der Waals surface area contributed by atoms with Crippen LogP contribution in [0.3, 0.4) is 0 Å². The summed E-state index contributed by atoms with van der Waals surface area (Å²) in [4.78, 5) is 58.3. The summed E-state index contributed by atoms with van der Waals surface area (Å²) in [6, 6.07) is 6.47. The zero-order chi connectivity index (χ0) is 27.0. The van der Waals surface area contributed by atoms with Crippen molar-refractivity contribution in [2.45, 2.75) is 38.3 Å². The molecule has 3 aromatic heterocycles. The molecule has 1 aromatic carbocycles. The molecule has 4 aromatic rings. The summed E-state index contributed by atoms with van der Waals surface area (Å²) in [6.07, 6.45) is 5.75. The number of halogens is 1. The summed E-state index contributed by atoms with van der Waals surface area (Å²) in [5, 5.41) is 8.01. The second-order valence-electron chi connectivity index (χ2n) is 9.37. The molecule has 2 N–H and O–H groups in total. The van der Waals surface area contributed by atoms with Gasteiger partial charge in [0.25, 0.3) is 11.8 Å². The molecular formula is C26H24FN7O4. The summed E-state index contributed by atoms with van der Waals surface area (Å²) in [7, 11) is 1.75. The van der Waals surface area contributed by atoms with E-state index in [1.165, 1.54) is 6.07 Å². The van der Waals surface area contributed by atoms with Gasteiger partial charge in [0.2, 0.25) is 0 Å². The van der Waals surface area contributed by atoms with Gasteiger partial charge in [-0.2, -0.15) is 14.7 Å². The predicted octanol–water partition coefficient (Wildman–Crippen LogP) is 2.50. The highest BCUT2D eigenvalue weighted by Crippen LogP contribution is 2.49. The summed E-state index contributed by atoms with van der Waals surface area (Å²) in [6.45, 7) is 2.44. The molecule has 12 heteroatoms. The highest BCUT2D eigenvalue weighted by Gasteiger charge is 2.53. The first-order valence-corrected chi connectivity index (χ1v) is 12.0. The van der Waals surface area contributed by atoms with Crippen LogP contribution in [0.4, 0.5) is 4.39 Å². The molecule has 38 heavy (non-hydrogen) atoms. The van der Waals surface area contributed by atoms with E-state index in [9.17, 15) is 14.0 Å². The van der Waals surface area contributed by atoms with E-state index in [1.807, 2.05) is 0 Å². The largest absolute Gasteiger partial charge is 0.373 e. The van der Waals surface area contributed by atoms with Crippen LogP contribution in [0.1, 0.15) is 56.5 Å². The lowest BCUT2D eigenvalue weighted by molar-refractivity contribution is -0.191. The van der Waals surface area contributed by atoms with Crippen LogP contribution >= 0.6 is 0 Å². The second kappa shape index (κ2) is 9.64. The van der Waals surface area contributed by atoms with Crippen molar-refractivity contribution >= 4 is 28.9 Å². The van der Waals surface area contributed by atoms with E-state index in [1.54, 1.807) is 54.4 Å². The lowest BCUT2D eigenvalue weighted by Gasteiger charge is -2.29. The molecule has 1 saturated carbocycles. The number of nitrogens with zero attached hydrogens (tertiary/aromatic N) is 5. The highest BCUT2D eigenvalue weighted by atomic mass is 19.1. The summed E-state index contributed by atoms with van der Waals surface area (Å²) < 4.78 is 14.0. The zero-order valence-corrected chi connectivity index (χ0v) is 20.7. The van der Waals surface area contributed by atoms with E-state index < -0.39 is 5.54 Å². The minimum atomic E-state index is -0.522. The SMILES string of the molecule is Cc1c(F)ccc2[nH]c(C(=O)N3CCc4[nH]nc(C(=O)N(C)C5(c6ncccn6)CC5)c4C3)cc12.O=C=O. The van der Waals surface area contributed by atoms with Gasteiger partial charge in [-0.05, 0) is 49.6 Å². The van der Waals surface area contributed by atoms with Crippen LogP contribution in [0.15, 0.2) is 36.7 Å². The van der Waals surface area contributed by atoms with Gasteiger partial charge in [-0.15, -0.1) is 0 Å². The molecule has 0 saturated heterocycles. The molecule has 0 bridgehead atoms. The maximum absolute atomic E-state index is 14.0. The number of amides is 2. The topological polar surface area (TPSA) is 145 Å². The van der Waals surface area contributed by atoms with Crippen molar-refractivity contribution in [3.05, 3.63) is 76.5 Å². The molecule has 1 fully saturated rings. The number of H-pyrrole nitrogens is 2. The Balaban J connectivity index is 0.000000937. The highest BCUT2D eigenvalue weighted by molar-refractivity contribution is 5.99. The van der Waals surface area contributed by atoms with Gasteiger partial charge in [0.05, 0.1) is 6.54 Å². The second-order valence-corrected chi connectivity index (χ2v) is 9.37. The number of carbonyl (C=O) groups is 2. The number of carbonyl (C=O) groups excluding carboxylic acids is 4. The Bertz CT molecular complexity index is 1570. The monoisotopic (exact) mass is 517 g/mol. The fraction of sp³-hybridized carbons (Fsp3) is 0.308. The first-order valence-electron chi connectivity index (χ1n) is 12.0. The van der Waals surface area contributed by atoms with Gasteiger partial charge in [-0.1, -0.05) is 0 Å². The van der Waals surface area contributed by atoms with Gasteiger partial charge in [0.1, 0.15) is 17.1 Å². The summed E-state index contributed by atoms with van der Waals surface area (Å²) in [5.74, 6) is -0.102. The van der Waals surface area contributed by atoms with Gasteiger partial charge in [0, 0.05) is 54.6 Å². The first-order chi connectivity index (χ1) is 18.3. The number of nitrogens with one attached hydrogen (secondary N) is 2. The molecule has 1 aliphatic heterocycles. The lowest BCUT2D eigenvalue weighted by Crippen LogP contribution is -2.40. The van der Waals surface area contributed by atoms with E-state index in [0.29, 0.717) is 46.6 Å². The van der Waals surface area contributed by atoms with Crippen LogP contribution in [0, 0.1) is 12.7 Å². The number of rotatable bonds is 4. The number of benzene rings is 1. The minimum absolute atomic E-state index is 0.198. The van der Waals surface area contributed by atoms with Crippen molar-refractivity contribution in [3.8, 4) is 0 Å². The minimum Gasteiger partial charge on any atom is -0.351 e. The van der Waals surface area contributed by atoms with Crippen LogP contribution in [-0.2, 0) is 28.1 Å². The molecule has 11 nitrogen and oxygen atoms in total. The number of hydrogen-bond acceptors (Lipinski definition) is 7. The van der Waals surface area contributed by atoms with E-state index in [2.05, 4.69) is 25.1 Å². The van der Waals surface area contributed by atoms with Crippen LogP contribution in [0.25, 0.3) is 10.9 Å². The molecule has 0 unspecified atom stereocenters. The van der Waals surface area contributed by atoms with Gasteiger partial charge in [-0.25, -0.2) is 14.4 Å². The molecule has 0 radical (unpaired) electrons. The molecule has 6 rings (SSSR count). The fourth-order valence-corrected chi connectivity index (χ4v) is 4.97. The molecule has 4 heterocycles. The number of aromatic amines is 2. The molecule has 0 atom stereocenters. The molecule has 1 aliphatic carbocycles. The standard InChI is InChI=1S/C25H24FN7O2.CO2/c1-14-15-12-20(29-18(15)5-4-17(14)26)22(34)33-11-6-19-16(13-33)21(31-30-19)23(35)32(2)25(7-8-25)24-27-9-3-10-28-24;2-1-3/h3-5,9-10,12,29H,6-8,11,13H2,1-2H3,(H,30,31);. The van der Waals surface area contributed by atoms with Crippen molar-refractivity contribution in [2.75, 3.05) is 13.6 Å². The Kier molecular flexibility index (Phi) is 6.33. The van der Waals surface area contributed by atoms with Crippen molar-refractivity contribution < 1.29 is 23.6 Å². The van der Waals surface area contributed by atoms with Gasteiger partial charge in [-0.3, -0.25) is 14.7 Å². The van der Waals surface area contributed by atoms with Crippen molar-refractivity contribution in [3.63, 3.8) is 0 Å². The Morgan fingerprint density at radius 3 is 2.58 bits per heavy atom. The molecule has 2 amide bonds. The zero-order valence-electron chi connectivity index (χ0n) is 20.7. The maximum atomic E-state index is 14.0. The third-order valence-electron chi connectivity index (χ3n) is 7.31. The van der Waals surface area contributed by atoms with E-state index in [0.717, 1.165) is 24.1 Å². The van der Waals surface area contributed by atoms with Gasteiger partial charge < -0.3 is 14.8 Å². The maximum Gasteiger partial charge on any atom is 0.373 e. The lowest BCUT2D eigenvalue weighted by atomic mass is 10.0. The third kappa shape index (κ3) is 4.14. The predicted molar refractivity (Wildman–Crippen MR) is 130 cm³/mol. The molecular weight excluding hydrogens is 493 g/mol. The Labute approximate surface area is 216 Å². The Morgan fingerprint density at radius 2 is 1.89 bits per heavy atom. The smallest absolute Gasteiger partial charge is 0.351 e. The van der Waals surface area contributed by atoms with Crippen LogP contribution in [0.2, 0.25) is 0 Å².